The Kier molecular flexibility index (Phi) is 140. The SMILES string of the molecule is NN.[NaH].[NaH].[NaH]. The van der Waals surface area contributed by atoms with Gasteiger partial charge < -0.3 is 0 Å². The van der Waals surface area contributed by atoms with E-state index in [1.165, 1.54) is 0 Å². The molecule has 0 bridgehead atoms. The zero-order valence-electron chi connectivity index (χ0n) is 1.15. The van der Waals surface area contributed by atoms with E-state index in [-0.39, 0.29) is 88.7 Å². The van der Waals surface area contributed by atoms with Crippen LogP contribution in [0.5, 0.6) is 0 Å². The van der Waals surface area contributed by atoms with E-state index in [9.17, 15) is 0 Å². The topological polar surface area (TPSA) is 52.0 Å². The van der Waals surface area contributed by atoms with Crippen LogP contribution >= 0.6 is 0 Å². The van der Waals surface area contributed by atoms with E-state index in [0.29, 0.717) is 0 Å². The summed E-state index contributed by atoms with van der Waals surface area (Å²) in [5.41, 5.74) is 0. The summed E-state index contributed by atoms with van der Waals surface area (Å²) >= 11 is 0. The summed E-state index contributed by atoms with van der Waals surface area (Å²) in [4.78, 5) is 0. The maximum absolute atomic E-state index is 4.00. The molecule has 4 N–H and O–H groups in total. The summed E-state index contributed by atoms with van der Waals surface area (Å²) in [5.74, 6) is 8.00. The molecule has 0 spiro atoms. The molecular weight excluding hydrogens is 97.0 g/mol. The van der Waals surface area contributed by atoms with Gasteiger partial charge in [-0.1, -0.05) is 0 Å². The molecule has 0 aromatic carbocycles. The summed E-state index contributed by atoms with van der Waals surface area (Å²) < 4.78 is 0. The Morgan fingerprint density at radius 2 is 0.600 bits per heavy atom. The molecule has 20 valence electrons. The van der Waals surface area contributed by atoms with Gasteiger partial charge in [0.2, 0.25) is 0 Å². The molecule has 0 aliphatic rings. The monoisotopic (exact) mass is 104 g/mol. The van der Waals surface area contributed by atoms with E-state index < -0.39 is 0 Å². The predicted octanol–water partition coefficient (Wildman–Crippen LogP) is -3.13. The molecule has 0 aromatic rings. The minimum atomic E-state index is 0. The van der Waals surface area contributed by atoms with Gasteiger partial charge in [-0.2, -0.15) is 0 Å². The fourth-order valence-electron chi connectivity index (χ4n) is 0. The first-order chi connectivity index (χ1) is 1.00. The molecule has 0 radical (unpaired) electrons. The molecule has 0 unspecified atom stereocenters. The van der Waals surface area contributed by atoms with E-state index >= 15 is 0 Å². The second-order valence-electron chi connectivity index (χ2n) is 0. The van der Waals surface area contributed by atoms with E-state index in [2.05, 4.69) is 11.7 Å². The Hall–Kier alpha value is 2.92. The summed E-state index contributed by atoms with van der Waals surface area (Å²) in [6.07, 6.45) is 0. The Bertz CT molecular complexity index is 4.85. The first kappa shape index (κ1) is 24.7. The summed E-state index contributed by atoms with van der Waals surface area (Å²) in [6, 6.07) is 0. The van der Waals surface area contributed by atoms with E-state index in [1.54, 1.807) is 0 Å². The molecule has 2 nitrogen and oxygen atoms in total. The Morgan fingerprint density at radius 3 is 0.600 bits per heavy atom. The number of rotatable bonds is 0. The maximum atomic E-state index is 4.00. The van der Waals surface area contributed by atoms with Gasteiger partial charge in [-0.25, -0.2) is 0 Å². The molecule has 0 heterocycles. The van der Waals surface area contributed by atoms with Gasteiger partial charge in [-0.3, -0.25) is 11.7 Å². The Labute approximate surface area is 98.3 Å². The van der Waals surface area contributed by atoms with Crippen LogP contribution < -0.4 is 11.7 Å². The molecular formula is H7N2Na3. The molecule has 0 aromatic heterocycles. The second-order valence-corrected chi connectivity index (χ2v) is 0. The Morgan fingerprint density at radius 1 is 0.600 bits per heavy atom. The van der Waals surface area contributed by atoms with Crippen molar-refractivity contribution >= 4 is 88.7 Å². The molecule has 0 fully saturated rings. The van der Waals surface area contributed by atoms with Crippen LogP contribution in [0, 0.1) is 0 Å². The molecule has 0 saturated carbocycles. The first-order valence-electron chi connectivity index (χ1n) is 0.333. The van der Waals surface area contributed by atoms with Gasteiger partial charge in [0.05, 0.1) is 0 Å². The predicted molar refractivity (Wildman–Crippen MR) is 29.8 cm³/mol. The number of nitrogens with two attached hydrogens (primary N) is 2. The third-order valence-electron chi connectivity index (χ3n) is 0. The number of hydrogen-bond donors (Lipinski definition) is 2. The van der Waals surface area contributed by atoms with Gasteiger partial charge in [0, 0.05) is 0 Å². The van der Waals surface area contributed by atoms with E-state index in [0.717, 1.165) is 0 Å². The van der Waals surface area contributed by atoms with Crippen LogP contribution in [0.1, 0.15) is 0 Å². The van der Waals surface area contributed by atoms with Gasteiger partial charge >= 0.3 is 88.7 Å². The summed E-state index contributed by atoms with van der Waals surface area (Å²) in [7, 11) is 0. The molecule has 5 heteroatoms. The van der Waals surface area contributed by atoms with Gasteiger partial charge in [0.15, 0.2) is 0 Å². The second kappa shape index (κ2) is 28.4. The normalized spacial score (nSPS) is 1.20. The van der Waals surface area contributed by atoms with Crippen LogP contribution in [0.2, 0.25) is 0 Å². The van der Waals surface area contributed by atoms with Gasteiger partial charge in [0.25, 0.3) is 0 Å². The average Bonchev–Trinajstić information content (AvgIpc) is 1.00. The molecule has 0 amide bonds. The fraction of sp³-hybridized carbons (Fsp3) is 0. The van der Waals surface area contributed by atoms with Crippen LogP contribution in [-0.4, -0.2) is 88.7 Å². The van der Waals surface area contributed by atoms with Gasteiger partial charge in [-0.15, -0.1) is 0 Å². The van der Waals surface area contributed by atoms with Crippen molar-refractivity contribution in [2.24, 2.45) is 11.7 Å². The standard InChI is InChI=1S/H4N2.3Na.3H/c1-2;;;;;;/h1-2H2;;;;;;. The van der Waals surface area contributed by atoms with Gasteiger partial charge in [0.1, 0.15) is 0 Å². The number of hydrogen-bond acceptors (Lipinski definition) is 2. The molecule has 0 saturated heterocycles. The molecule has 0 atom stereocenters. The van der Waals surface area contributed by atoms with Crippen LogP contribution in [0.15, 0.2) is 0 Å². The van der Waals surface area contributed by atoms with Crippen molar-refractivity contribution in [2.75, 3.05) is 0 Å². The van der Waals surface area contributed by atoms with E-state index in [1.807, 2.05) is 0 Å². The first-order valence-corrected chi connectivity index (χ1v) is 0.333. The van der Waals surface area contributed by atoms with Crippen molar-refractivity contribution in [1.82, 2.24) is 0 Å². The van der Waals surface area contributed by atoms with Crippen LogP contribution in [-0.2, 0) is 0 Å². The van der Waals surface area contributed by atoms with Crippen LogP contribution in [0.25, 0.3) is 0 Å². The van der Waals surface area contributed by atoms with Crippen LogP contribution in [0.4, 0.5) is 0 Å². The van der Waals surface area contributed by atoms with Crippen molar-refractivity contribution in [3.8, 4) is 0 Å². The van der Waals surface area contributed by atoms with Crippen molar-refractivity contribution < 1.29 is 0 Å². The fourth-order valence-corrected chi connectivity index (χ4v) is 0. The third-order valence-corrected chi connectivity index (χ3v) is 0. The summed E-state index contributed by atoms with van der Waals surface area (Å²) in [6.45, 7) is 0. The van der Waals surface area contributed by atoms with E-state index in [4.69, 9.17) is 0 Å². The molecule has 0 aliphatic carbocycles. The number of hydrazine groups is 1. The zero-order chi connectivity index (χ0) is 2.00. The van der Waals surface area contributed by atoms with Crippen LogP contribution in [0.3, 0.4) is 0 Å². The summed E-state index contributed by atoms with van der Waals surface area (Å²) in [5, 5.41) is 0. The van der Waals surface area contributed by atoms with Crippen molar-refractivity contribution in [3.63, 3.8) is 0 Å². The molecule has 0 aliphatic heterocycles. The van der Waals surface area contributed by atoms with Crippen molar-refractivity contribution in [3.05, 3.63) is 0 Å². The third kappa shape index (κ3) is 19.6. The van der Waals surface area contributed by atoms with Gasteiger partial charge in [-0.05, 0) is 0 Å². The zero-order valence-corrected chi connectivity index (χ0v) is 1.15. The molecule has 0 rings (SSSR count). The average molecular weight is 104 g/mol. The van der Waals surface area contributed by atoms with Crippen molar-refractivity contribution in [1.29, 1.82) is 0 Å². The minimum absolute atomic E-state index is 0. The Balaban J connectivity index is -0.00000000167. The quantitative estimate of drug-likeness (QED) is 0.194. The van der Waals surface area contributed by atoms with Crippen molar-refractivity contribution in [2.45, 2.75) is 0 Å². The molecule has 5 heavy (non-hydrogen) atoms.